The van der Waals surface area contributed by atoms with Crippen LogP contribution in [-0.2, 0) is 22.4 Å². The summed E-state index contributed by atoms with van der Waals surface area (Å²) in [5.74, 6) is 1.08. The molecule has 0 fully saturated rings. The molecule has 113 valence electrons. The first-order valence-electron chi connectivity index (χ1n) is 6.22. The Labute approximate surface area is 134 Å². The summed E-state index contributed by atoms with van der Waals surface area (Å²) in [6.45, 7) is 9.11. The molecular formula is C12H28Cl2O3V. The summed E-state index contributed by atoms with van der Waals surface area (Å²) in [4.78, 5) is 0. The molecule has 0 aliphatic rings. The summed E-state index contributed by atoms with van der Waals surface area (Å²) in [5.41, 5.74) is 0. The maximum Gasteiger partial charge on any atom is 0.0832 e. The molecule has 3 nitrogen and oxygen atoms in total. The number of rotatable bonds is 6. The molecule has 0 bridgehead atoms. The van der Waals surface area contributed by atoms with E-state index in [-0.39, 0.29) is 18.6 Å². The third-order valence-electron chi connectivity index (χ3n) is 2.83. The molecule has 1 radical (unpaired) electrons. The van der Waals surface area contributed by atoms with Gasteiger partial charge in [-0.15, -0.1) is 0 Å². The summed E-state index contributed by atoms with van der Waals surface area (Å²) in [6, 6.07) is 0. The predicted octanol–water partition coefficient (Wildman–Crippen LogP) is 4.14. The minimum atomic E-state index is 0. The van der Waals surface area contributed by atoms with E-state index in [0.29, 0.717) is 25.0 Å². The fourth-order valence-electron chi connectivity index (χ4n) is 1.09. The third-order valence-corrected chi connectivity index (χ3v) is 2.83. The molecule has 0 aromatic rings. The van der Waals surface area contributed by atoms with E-state index < -0.39 is 0 Å². The normalized spacial score (nSPS) is 9.00. The van der Waals surface area contributed by atoms with Crippen LogP contribution in [0.25, 0.3) is 0 Å². The Bertz CT molecular complexity index is 90.5. The largest absolute Gasteiger partial charge is 0.396 e. The average Bonchev–Trinajstić information content (AvgIpc) is 2.35. The minimum absolute atomic E-state index is 0. The predicted molar refractivity (Wildman–Crippen MR) is 75.1 cm³/mol. The zero-order valence-electron chi connectivity index (χ0n) is 11.9. The summed E-state index contributed by atoms with van der Waals surface area (Å²) < 4.78 is 3.19. The molecule has 6 heteroatoms. The Morgan fingerprint density at radius 1 is 0.778 bits per heavy atom. The van der Waals surface area contributed by atoms with E-state index in [9.17, 15) is 0 Å². The Morgan fingerprint density at radius 3 is 0.944 bits per heavy atom. The number of aliphatic hydroxyl groups is 2. The third kappa shape index (κ3) is 25.8. The van der Waals surface area contributed by atoms with Crippen LogP contribution in [0.3, 0.4) is 0 Å². The van der Waals surface area contributed by atoms with E-state index in [1.54, 1.807) is 0 Å². The monoisotopic (exact) mass is 341 g/mol. The van der Waals surface area contributed by atoms with E-state index in [4.69, 9.17) is 10.2 Å². The topological polar surface area (TPSA) is 49.7 Å². The van der Waals surface area contributed by atoms with Crippen LogP contribution < -0.4 is 0 Å². The van der Waals surface area contributed by atoms with Gasteiger partial charge in [0.2, 0.25) is 0 Å². The first-order chi connectivity index (χ1) is 8.11. The van der Waals surface area contributed by atoms with Gasteiger partial charge < -0.3 is 10.2 Å². The summed E-state index contributed by atoms with van der Waals surface area (Å²) in [7, 11) is 0. The number of hydrogen-bond donors (Lipinski definition) is 2. The quantitative estimate of drug-likeness (QED) is 0.763. The molecule has 0 unspecified atom stereocenters. The van der Waals surface area contributed by atoms with Crippen molar-refractivity contribution in [1.82, 2.24) is 0 Å². The molecule has 0 rings (SSSR count). The van der Waals surface area contributed by atoms with Gasteiger partial charge in [0.15, 0.2) is 0 Å². The van der Waals surface area contributed by atoms with Crippen molar-refractivity contribution in [3.63, 3.8) is 0 Å². The van der Waals surface area contributed by atoms with Crippen molar-refractivity contribution < 1.29 is 32.6 Å². The smallest absolute Gasteiger partial charge is 0.0832 e. The van der Waals surface area contributed by atoms with E-state index >= 15 is 0 Å². The van der Waals surface area contributed by atoms with Gasteiger partial charge in [-0.2, -0.15) is 3.84 Å². The molecule has 18 heavy (non-hydrogen) atoms. The molecule has 2 N–H and O–H groups in total. The number of halogens is 2. The molecule has 0 aromatic heterocycles. The maximum absolute atomic E-state index is 8.53. The molecule has 0 amide bonds. The van der Waals surface area contributed by atoms with E-state index in [0.717, 1.165) is 25.7 Å². The van der Waals surface area contributed by atoms with Crippen LogP contribution >= 0.6 is 23.7 Å². The van der Waals surface area contributed by atoms with Gasteiger partial charge >= 0.3 is 0 Å². The van der Waals surface area contributed by atoms with Gasteiger partial charge in [-0.3, -0.25) is 0 Å². The Hall–Kier alpha value is 1.04. The van der Waals surface area contributed by atoms with Gasteiger partial charge in [-0.25, -0.2) is 0 Å². The minimum Gasteiger partial charge on any atom is -0.396 e. The zero-order valence-corrected chi connectivity index (χ0v) is 14.8. The Kier molecular flexibility index (Phi) is 40.5. The Balaban J connectivity index is -0.0000000857. The van der Waals surface area contributed by atoms with Crippen molar-refractivity contribution >= 4 is 23.7 Å². The number of hydrogen-bond acceptors (Lipinski definition) is 3. The van der Waals surface area contributed by atoms with Crippen molar-refractivity contribution in [3.05, 3.63) is 0 Å². The van der Waals surface area contributed by atoms with Crippen molar-refractivity contribution in [3.8, 4) is 0 Å². The van der Waals surface area contributed by atoms with Crippen LogP contribution in [0.4, 0.5) is 0 Å². The van der Waals surface area contributed by atoms with Crippen molar-refractivity contribution in [1.29, 1.82) is 0 Å². The van der Waals surface area contributed by atoms with Crippen LogP contribution in [-0.4, -0.2) is 23.4 Å². The molecule has 0 aliphatic carbocycles. The van der Waals surface area contributed by atoms with Gasteiger partial charge in [-0.1, -0.05) is 53.4 Å². The molecule has 0 saturated carbocycles. The molecule has 0 heterocycles. The molecule has 0 saturated heterocycles. The Morgan fingerprint density at radius 2 is 0.944 bits per heavy atom. The SMILES string of the molecule is CCC(CC)CO.CCC(CC)CO.ClOCl.[V]. The summed E-state index contributed by atoms with van der Waals surface area (Å²) >= 11 is 8.53. The second kappa shape index (κ2) is 26.6. The fourth-order valence-corrected chi connectivity index (χ4v) is 1.09. The second-order valence-corrected chi connectivity index (χ2v) is 4.26. The van der Waals surface area contributed by atoms with Gasteiger partial charge in [-0.05, 0) is 11.8 Å². The van der Waals surface area contributed by atoms with Crippen LogP contribution in [0.1, 0.15) is 53.4 Å². The van der Waals surface area contributed by atoms with E-state index in [1.807, 2.05) is 0 Å². The van der Waals surface area contributed by atoms with Gasteiger partial charge in [0.25, 0.3) is 0 Å². The number of aliphatic hydroxyl groups excluding tert-OH is 2. The first-order valence-corrected chi connectivity index (χ1v) is 6.84. The van der Waals surface area contributed by atoms with Crippen molar-refractivity contribution in [2.75, 3.05) is 13.2 Å². The van der Waals surface area contributed by atoms with Crippen LogP contribution in [0, 0.1) is 11.8 Å². The fraction of sp³-hybridized carbons (Fsp3) is 1.00. The molecule has 0 atom stereocenters. The maximum atomic E-state index is 8.53. The van der Waals surface area contributed by atoms with Gasteiger partial charge in [0.1, 0.15) is 0 Å². The second-order valence-electron chi connectivity index (χ2n) is 3.79. The van der Waals surface area contributed by atoms with Gasteiger partial charge in [0.05, 0.1) is 23.7 Å². The summed E-state index contributed by atoms with van der Waals surface area (Å²) in [6.07, 6.45) is 4.42. The zero-order chi connectivity index (χ0) is 14.1. The van der Waals surface area contributed by atoms with Gasteiger partial charge in [0, 0.05) is 31.8 Å². The molecule has 0 aliphatic heterocycles. The molecule has 0 spiro atoms. The average molecular weight is 342 g/mol. The standard InChI is InChI=1S/2C6H14O.Cl2O.V/c2*1-3-6(4-2)5-7;1-3-2;/h2*6-7H,3-5H2,1-2H3;;. The molecule has 0 aromatic carbocycles. The van der Waals surface area contributed by atoms with E-state index in [2.05, 4.69) is 55.3 Å². The molecular weight excluding hydrogens is 314 g/mol. The van der Waals surface area contributed by atoms with Crippen LogP contribution in [0.5, 0.6) is 0 Å². The van der Waals surface area contributed by atoms with Crippen LogP contribution in [0.2, 0.25) is 0 Å². The summed E-state index contributed by atoms with van der Waals surface area (Å²) in [5, 5.41) is 17.1. The first kappa shape index (κ1) is 27.4. The van der Waals surface area contributed by atoms with E-state index in [1.165, 1.54) is 0 Å². The van der Waals surface area contributed by atoms with Crippen LogP contribution in [0.15, 0.2) is 0 Å². The van der Waals surface area contributed by atoms with Crippen molar-refractivity contribution in [2.45, 2.75) is 53.4 Å². The van der Waals surface area contributed by atoms with Crippen molar-refractivity contribution in [2.24, 2.45) is 11.8 Å².